The van der Waals surface area contributed by atoms with Gasteiger partial charge < -0.3 is 4.74 Å². The zero-order valence-electron chi connectivity index (χ0n) is 17.7. The molecule has 4 nitrogen and oxygen atoms in total. The molecule has 0 aliphatic carbocycles. The van der Waals surface area contributed by atoms with Crippen LogP contribution in [0.1, 0.15) is 71.8 Å². The Balaban J connectivity index is 1.41. The summed E-state index contributed by atoms with van der Waals surface area (Å²) in [6.07, 6.45) is 8.40. The molecule has 154 valence electrons. The minimum atomic E-state index is -0.555. The molecule has 3 rings (SSSR count). The van der Waals surface area contributed by atoms with Gasteiger partial charge in [0.25, 0.3) is 0 Å². The molecule has 0 unspecified atom stereocenters. The van der Waals surface area contributed by atoms with Crippen LogP contribution in [0.5, 0.6) is 0 Å². The molecule has 4 atom stereocenters. The molecule has 1 aromatic rings. The second-order valence-electron chi connectivity index (χ2n) is 9.23. The van der Waals surface area contributed by atoms with Gasteiger partial charge in [-0.3, -0.25) is 4.79 Å². The molecule has 2 fully saturated rings. The Bertz CT molecular complexity index is 698. The number of esters is 1. The van der Waals surface area contributed by atoms with Crippen molar-refractivity contribution in [3.63, 3.8) is 0 Å². The molecule has 0 spiro atoms. The lowest BCUT2D eigenvalue weighted by molar-refractivity contribution is -0.429. The minimum Gasteiger partial charge on any atom is -0.456 e. The molecule has 2 aliphatic heterocycles. The van der Waals surface area contributed by atoms with Gasteiger partial charge in [-0.2, -0.15) is 0 Å². The summed E-state index contributed by atoms with van der Waals surface area (Å²) in [6, 6.07) is 10.6. The second-order valence-corrected chi connectivity index (χ2v) is 9.23. The van der Waals surface area contributed by atoms with Crippen molar-refractivity contribution in [2.24, 2.45) is 5.92 Å². The zero-order valence-corrected chi connectivity index (χ0v) is 17.7. The van der Waals surface area contributed by atoms with E-state index in [4.69, 9.17) is 14.5 Å². The molecule has 0 bridgehead atoms. The molecular formula is C24H34O4. The number of allylic oxidation sites excluding steroid dienone is 2. The molecule has 0 aromatic heterocycles. The first-order valence-electron chi connectivity index (χ1n) is 10.5. The largest absolute Gasteiger partial charge is 0.456 e. The van der Waals surface area contributed by atoms with Gasteiger partial charge >= 0.3 is 5.97 Å². The fourth-order valence-electron chi connectivity index (χ4n) is 4.65. The van der Waals surface area contributed by atoms with Gasteiger partial charge in [-0.1, -0.05) is 55.3 Å². The van der Waals surface area contributed by atoms with Gasteiger partial charge in [-0.05, 0) is 57.9 Å². The quantitative estimate of drug-likeness (QED) is 0.333. The SMILES string of the molecule is CC(=CCc1ccccc1)CCC[C@H](C)C[C@]1(C)C[C@@]2(C)OC(=O)C[C@H]2OO1. The Morgan fingerprint density at radius 1 is 1.29 bits per heavy atom. The van der Waals surface area contributed by atoms with E-state index >= 15 is 0 Å². The maximum Gasteiger partial charge on any atom is 0.309 e. The Morgan fingerprint density at radius 2 is 2.04 bits per heavy atom. The highest BCUT2D eigenvalue weighted by atomic mass is 17.2. The van der Waals surface area contributed by atoms with Crippen LogP contribution in [0.15, 0.2) is 42.0 Å². The highest BCUT2D eigenvalue weighted by Gasteiger charge is 2.55. The van der Waals surface area contributed by atoms with E-state index in [1.807, 2.05) is 6.92 Å². The highest BCUT2D eigenvalue weighted by Crippen LogP contribution is 2.44. The van der Waals surface area contributed by atoms with Crippen molar-refractivity contribution in [3.8, 4) is 0 Å². The van der Waals surface area contributed by atoms with Crippen LogP contribution in [0.3, 0.4) is 0 Å². The molecule has 4 heteroatoms. The van der Waals surface area contributed by atoms with Crippen LogP contribution in [0, 0.1) is 5.92 Å². The fraction of sp³-hybridized carbons (Fsp3) is 0.625. The topological polar surface area (TPSA) is 44.8 Å². The van der Waals surface area contributed by atoms with Gasteiger partial charge in [-0.25, -0.2) is 9.78 Å². The van der Waals surface area contributed by atoms with Crippen LogP contribution in [0.25, 0.3) is 0 Å². The molecule has 0 amide bonds. The molecular weight excluding hydrogens is 352 g/mol. The standard InChI is InChI=1S/C24H34O4/c1-18(13-14-20-11-6-5-7-12-20)9-8-10-19(2)16-23(3)17-24(4)21(27-28-23)15-22(25)26-24/h5-7,11-13,19,21H,8-10,14-17H2,1-4H3/t19-,21+,23+,24+/m0/s1. The van der Waals surface area contributed by atoms with Crippen molar-refractivity contribution in [2.75, 3.05) is 0 Å². The van der Waals surface area contributed by atoms with E-state index in [0.717, 1.165) is 25.7 Å². The van der Waals surface area contributed by atoms with E-state index < -0.39 is 11.2 Å². The number of fused-ring (bicyclic) bond motifs is 1. The average molecular weight is 387 g/mol. The summed E-state index contributed by atoms with van der Waals surface area (Å²) in [5.41, 5.74) is 1.85. The van der Waals surface area contributed by atoms with Crippen LogP contribution in [-0.4, -0.2) is 23.3 Å². The normalized spacial score (nSPS) is 31.4. The lowest BCUT2D eigenvalue weighted by atomic mass is 9.79. The number of carbonyl (C=O) groups excluding carboxylic acids is 1. The predicted molar refractivity (Wildman–Crippen MR) is 110 cm³/mol. The third-order valence-corrected chi connectivity index (χ3v) is 6.05. The van der Waals surface area contributed by atoms with Crippen molar-refractivity contribution in [1.29, 1.82) is 0 Å². The molecule has 2 saturated heterocycles. The summed E-state index contributed by atoms with van der Waals surface area (Å²) >= 11 is 0. The van der Waals surface area contributed by atoms with E-state index in [0.29, 0.717) is 12.3 Å². The van der Waals surface area contributed by atoms with Gasteiger partial charge in [-0.15, -0.1) is 0 Å². The Kier molecular flexibility index (Phi) is 6.61. The number of hydrogen-bond donors (Lipinski definition) is 0. The Morgan fingerprint density at radius 3 is 2.79 bits per heavy atom. The summed E-state index contributed by atoms with van der Waals surface area (Å²) < 4.78 is 5.55. The van der Waals surface area contributed by atoms with Crippen molar-refractivity contribution in [2.45, 2.75) is 89.9 Å². The predicted octanol–water partition coefficient (Wildman–Crippen LogP) is 5.56. The van der Waals surface area contributed by atoms with E-state index in [1.165, 1.54) is 17.6 Å². The molecule has 0 saturated carbocycles. The van der Waals surface area contributed by atoms with Gasteiger partial charge in [0.1, 0.15) is 17.3 Å². The second kappa shape index (κ2) is 8.79. The van der Waals surface area contributed by atoms with Crippen molar-refractivity contribution >= 4 is 5.97 Å². The average Bonchev–Trinajstić information content (AvgIpc) is 2.93. The maximum absolute atomic E-state index is 11.6. The third kappa shape index (κ3) is 5.45. The molecule has 0 radical (unpaired) electrons. The number of benzene rings is 1. The van der Waals surface area contributed by atoms with Crippen molar-refractivity contribution in [1.82, 2.24) is 0 Å². The molecule has 2 aliphatic rings. The smallest absolute Gasteiger partial charge is 0.309 e. The third-order valence-electron chi connectivity index (χ3n) is 6.05. The van der Waals surface area contributed by atoms with E-state index in [-0.39, 0.29) is 18.5 Å². The van der Waals surface area contributed by atoms with Crippen LogP contribution >= 0.6 is 0 Å². The van der Waals surface area contributed by atoms with E-state index in [2.05, 4.69) is 57.2 Å². The first kappa shape index (κ1) is 21.1. The van der Waals surface area contributed by atoms with E-state index in [1.54, 1.807) is 0 Å². The minimum absolute atomic E-state index is 0.189. The summed E-state index contributed by atoms with van der Waals surface area (Å²) in [4.78, 5) is 22.9. The first-order valence-corrected chi connectivity index (χ1v) is 10.5. The molecule has 28 heavy (non-hydrogen) atoms. The van der Waals surface area contributed by atoms with Crippen LogP contribution in [-0.2, 0) is 25.7 Å². The first-order chi connectivity index (χ1) is 13.3. The van der Waals surface area contributed by atoms with E-state index in [9.17, 15) is 4.79 Å². The Labute approximate surface area is 169 Å². The van der Waals surface area contributed by atoms with Gasteiger partial charge in [0, 0.05) is 6.42 Å². The maximum atomic E-state index is 11.6. The van der Waals surface area contributed by atoms with Gasteiger partial charge in [0.05, 0.1) is 6.42 Å². The summed E-state index contributed by atoms with van der Waals surface area (Å²) in [7, 11) is 0. The van der Waals surface area contributed by atoms with Crippen LogP contribution < -0.4 is 0 Å². The monoisotopic (exact) mass is 386 g/mol. The van der Waals surface area contributed by atoms with Crippen molar-refractivity contribution < 1.29 is 19.3 Å². The summed E-state index contributed by atoms with van der Waals surface area (Å²) in [5.74, 6) is 0.332. The molecule has 0 N–H and O–H groups in total. The molecule has 1 aromatic carbocycles. The zero-order chi connectivity index (χ0) is 20.2. The Hall–Kier alpha value is -1.65. The van der Waals surface area contributed by atoms with Gasteiger partial charge in [0.2, 0.25) is 0 Å². The molecule has 2 heterocycles. The lowest BCUT2D eigenvalue weighted by Crippen LogP contribution is -2.52. The number of hydrogen-bond acceptors (Lipinski definition) is 4. The lowest BCUT2D eigenvalue weighted by Gasteiger charge is -2.44. The number of carbonyl (C=O) groups is 1. The summed E-state index contributed by atoms with van der Waals surface area (Å²) in [5, 5.41) is 0. The van der Waals surface area contributed by atoms with Crippen LogP contribution in [0.2, 0.25) is 0 Å². The number of ether oxygens (including phenoxy) is 1. The van der Waals surface area contributed by atoms with Crippen molar-refractivity contribution in [3.05, 3.63) is 47.5 Å². The van der Waals surface area contributed by atoms with Crippen LogP contribution in [0.4, 0.5) is 0 Å². The highest BCUT2D eigenvalue weighted by molar-refractivity contribution is 5.73. The number of rotatable bonds is 8. The summed E-state index contributed by atoms with van der Waals surface area (Å²) in [6.45, 7) is 8.53. The van der Waals surface area contributed by atoms with Gasteiger partial charge in [0.15, 0.2) is 0 Å². The fourth-order valence-corrected chi connectivity index (χ4v) is 4.65.